The fourth-order valence-electron chi connectivity index (χ4n) is 1.00. The maximum Gasteiger partial charge on any atom is 0.326 e. The van der Waals surface area contributed by atoms with Crippen LogP contribution in [0.3, 0.4) is 0 Å². The molecule has 0 spiro atoms. The normalized spacial score (nSPS) is 11.6. The van der Waals surface area contributed by atoms with Crippen molar-refractivity contribution in [3.63, 3.8) is 0 Å². The van der Waals surface area contributed by atoms with E-state index >= 15 is 0 Å². The first kappa shape index (κ1) is 15.6. The Labute approximate surface area is 103 Å². The molecule has 0 rings (SSSR count). The Bertz CT molecular complexity index is 285. The predicted octanol–water partition coefficient (Wildman–Crippen LogP) is -0.0334. The van der Waals surface area contributed by atoms with E-state index in [1.54, 1.807) is 11.8 Å². The van der Waals surface area contributed by atoms with Gasteiger partial charge >= 0.3 is 18.0 Å². The number of thioether (sulfide) groups is 1. The summed E-state index contributed by atoms with van der Waals surface area (Å²) < 4.78 is 0. The highest BCUT2D eigenvalue weighted by atomic mass is 32.2. The highest BCUT2D eigenvalue weighted by molar-refractivity contribution is 7.98. The van der Waals surface area contributed by atoms with E-state index in [0.717, 1.165) is 12.2 Å². The number of urea groups is 1. The van der Waals surface area contributed by atoms with Gasteiger partial charge < -0.3 is 20.8 Å². The molecule has 0 saturated carbocycles. The molecule has 1 atom stereocenters. The van der Waals surface area contributed by atoms with Crippen molar-refractivity contribution in [1.82, 2.24) is 10.6 Å². The molecule has 7 nitrogen and oxygen atoms in total. The third-order valence-corrected chi connectivity index (χ3v) is 2.49. The standard InChI is InChI=1S/C9H16N2O5S/c1-17-4-2-3-10-9(16)11-6(8(14)15)5-7(12)13/h6H,2-5H2,1H3,(H,12,13)(H,14,15)(H2,10,11,16)/t6-/m0/s1. The summed E-state index contributed by atoms with van der Waals surface area (Å²) in [6.45, 7) is 0.423. The van der Waals surface area contributed by atoms with Crippen molar-refractivity contribution >= 4 is 29.7 Å². The van der Waals surface area contributed by atoms with Crippen molar-refractivity contribution in [1.29, 1.82) is 0 Å². The SMILES string of the molecule is CSCCCNC(=O)N[C@@H](CC(=O)O)C(=O)O. The Balaban J connectivity index is 3.96. The van der Waals surface area contributed by atoms with Crippen molar-refractivity contribution in [2.45, 2.75) is 18.9 Å². The third-order valence-electron chi connectivity index (χ3n) is 1.79. The molecule has 0 saturated heterocycles. The average molecular weight is 264 g/mol. The smallest absolute Gasteiger partial charge is 0.326 e. The number of carbonyl (C=O) groups is 3. The summed E-state index contributed by atoms with van der Waals surface area (Å²) in [5, 5.41) is 21.7. The summed E-state index contributed by atoms with van der Waals surface area (Å²) in [5.41, 5.74) is 0. The van der Waals surface area contributed by atoms with Crippen LogP contribution in [-0.4, -0.2) is 52.8 Å². The zero-order valence-corrected chi connectivity index (χ0v) is 10.2. The van der Waals surface area contributed by atoms with Crippen molar-refractivity contribution in [3.8, 4) is 0 Å². The quantitative estimate of drug-likeness (QED) is 0.457. The van der Waals surface area contributed by atoms with E-state index in [0.29, 0.717) is 6.54 Å². The number of rotatable bonds is 8. The topological polar surface area (TPSA) is 116 Å². The molecule has 0 radical (unpaired) electrons. The summed E-state index contributed by atoms with van der Waals surface area (Å²) >= 11 is 1.64. The van der Waals surface area contributed by atoms with Gasteiger partial charge in [0.05, 0.1) is 6.42 Å². The molecule has 0 aliphatic rings. The third kappa shape index (κ3) is 8.38. The Morgan fingerprint density at radius 1 is 1.29 bits per heavy atom. The van der Waals surface area contributed by atoms with Crippen LogP contribution in [0.5, 0.6) is 0 Å². The lowest BCUT2D eigenvalue weighted by Crippen LogP contribution is -2.47. The highest BCUT2D eigenvalue weighted by Gasteiger charge is 2.22. The molecule has 17 heavy (non-hydrogen) atoms. The van der Waals surface area contributed by atoms with Gasteiger partial charge in [-0.15, -0.1) is 0 Å². The minimum absolute atomic E-state index is 0.423. The molecular formula is C9H16N2O5S. The van der Waals surface area contributed by atoms with E-state index in [9.17, 15) is 14.4 Å². The Kier molecular flexibility index (Phi) is 7.95. The number of carboxylic acid groups (broad SMARTS) is 2. The van der Waals surface area contributed by atoms with Gasteiger partial charge in [-0.05, 0) is 18.4 Å². The van der Waals surface area contributed by atoms with Crippen LogP contribution < -0.4 is 10.6 Å². The summed E-state index contributed by atoms with van der Waals surface area (Å²) in [5.74, 6) is -1.76. The summed E-state index contributed by atoms with van der Waals surface area (Å²) in [7, 11) is 0. The first-order valence-corrected chi connectivity index (χ1v) is 6.34. The fraction of sp³-hybridized carbons (Fsp3) is 0.667. The van der Waals surface area contributed by atoms with Gasteiger partial charge in [0, 0.05) is 6.54 Å². The van der Waals surface area contributed by atoms with Gasteiger partial charge in [-0.2, -0.15) is 11.8 Å². The van der Waals surface area contributed by atoms with Gasteiger partial charge in [-0.1, -0.05) is 0 Å². The maximum absolute atomic E-state index is 11.2. The number of hydrogen-bond donors (Lipinski definition) is 4. The Morgan fingerprint density at radius 2 is 1.94 bits per heavy atom. The van der Waals surface area contributed by atoms with Crippen LogP contribution >= 0.6 is 11.8 Å². The molecule has 0 bridgehead atoms. The van der Waals surface area contributed by atoms with Gasteiger partial charge in [0.2, 0.25) is 0 Å². The summed E-state index contributed by atoms with van der Waals surface area (Å²) in [6.07, 6.45) is 2.06. The van der Waals surface area contributed by atoms with Gasteiger partial charge in [-0.25, -0.2) is 9.59 Å². The number of hydrogen-bond acceptors (Lipinski definition) is 4. The van der Waals surface area contributed by atoms with E-state index in [1.807, 2.05) is 6.26 Å². The van der Waals surface area contributed by atoms with E-state index < -0.39 is 30.4 Å². The zero-order chi connectivity index (χ0) is 13.3. The minimum Gasteiger partial charge on any atom is -0.481 e. The second kappa shape index (κ2) is 8.68. The molecule has 0 aromatic carbocycles. The molecule has 0 fully saturated rings. The van der Waals surface area contributed by atoms with Crippen molar-refractivity contribution in [2.75, 3.05) is 18.6 Å². The van der Waals surface area contributed by atoms with Crippen LogP contribution in [0.25, 0.3) is 0 Å². The van der Waals surface area contributed by atoms with Crippen LogP contribution in [0.15, 0.2) is 0 Å². The molecule has 0 heterocycles. The van der Waals surface area contributed by atoms with E-state index in [1.165, 1.54) is 0 Å². The van der Waals surface area contributed by atoms with Crippen LogP contribution in [0.2, 0.25) is 0 Å². The molecule has 2 amide bonds. The second-order valence-corrected chi connectivity index (χ2v) is 4.22. The Hall–Kier alpha value is -1.44. The van der Waals surface area contributed by atoms with E-state index in [-0.39, 0.29) is 0 Å². The van der Waals surface area contributed by atoms with E-state index in [4.69, 9.17) is 10.2 Å². The van der Waals surface area contributed by atoms with Gasteiger partial charge in [0.25, 0.3) is 0 Å². The monoisotopic (exact) mass is 264 g/mol. The van der Waals surface area contributed by atoms with Crippen LogP contribution in [-0.2, 0) is 9.59 Å². The molecular weight excluding hydrogens is 248 g/mol. The minimum atomic E-state index is -1.41. The van der Waals surface area contributed by atoms with Crippen LogP contribution in [0, 0.1) is 0 Å². The van der Waals surface area contributed by atoms with Crippen molar-refractivity contribution in [2.24, 2.45) is 0 Å². The summed E-state index contributed by atoms with van der Waals surface area (Å²) in [6, 6.07) is -2.08. The van der Waals surface area contributed by atoms with Gasteiger partial charge in [0.1, 0.15) is 6.04 Å². The predicted molar refractivity (Wildman–Crippen MR) is 63.2 cm³/mol. The van der Waals surface area contributed by atoms with Crippen molar-refractivity contribution in [3.05, 3.63) is 0 Å². The lowest BCUT2D eigenvalue weighted by Gasteiger charge is -2.13. The molecule has 0 unspecified atom stereocenters. The molecule has 4 N–H and O–H groups in total. The number of carbonyl (C=O) groups excluding carboxylic acids is 1. The maximum atomic E-state index is 11.2. The van der Waals surface area contributed by atoms with Crippen LogP contribution in [0.1, 0.15) is 12.8 Å². The first-order chi connectivity index (χ1) is 7.97. The average Bonchev–Trinajstić information content (AvgIpc) is 2.22. The van der Waals surface area contributed by atoms with Gasteiger partial charge in [0.15, 0.2) is 0 Å². The summed E-state index contributed by atoms with van der Waals surface area (Å²) in [4.78, 5) is 32.2. The molecule has 0 aromatic rings. The second-order valence-electron chi connectivity index (χ2n) is 3.24. The first-order valence-electron chi connectivity index (χ1n) is 4.95. The number of carboxylic acids is 2. The van der Waals surface area contributed by atoms with Crippen LogP contribution in [0.4, 0.5) is 4.79 Å². The molecule has 98 valence electrons. The lowest BCUT2D eigenvalue weighted by atomic mass is 10.2. The van der Waals surface area contributed by atoms with Crippen molar-refractivity contribution < 1.29 is 24.6 Å². The molecule has 0 aliphatic heterocycles. The number of aliphatic carboxylic acids is 2. The lowest BCUT2D eigenvalue weighted by molar-refractivity contribution is -0.145. The zero-order valence-electron chi connectivity index (χ0n) is 9.43. The number of nitrogens with one attached hydrogen (secondary N) is 2. The highest BCUT2D eigenvalue weighted by Crippen LogP contribution is 1.94. The molecule has 0 aliphatic carbocycles. The number of amides is 2. The van der Waals surface area contributed by atoms with E-state index in [2.05, 4.69) is 10.6 Å². The molecule has 0 aromatic heterocycles. The molecule has 8 heteroatoms. The van der Waals surface area contributed by atoms with Gasteiger partial charge in [-0.3, -0.25) is 4.79 Å². The Morgan fingerprint density at radius 3 is 2.41 bits per heavy atom. The fourth-order valence-corrected chi connectivity index (χ4v) is 1.44. The largest absolute Gasteiger partial charge is 0.481 e.